The van der Waals surface area contributed by atoms with Gasteiger partial charge in [0.05, 0.1) is 13.2 Å². The number of aliphatic hydroxyl groups excluding tert-OH is 4. The first-order valence-electron chi connectivity index (χ1n) is 12.2. The average Bonchev–Trinajstić information content (AvgIpc) is 2.76. The minimum atomic E-state index is -0.917. The quantitative estimate of drug-likeness (QED) is 0.347. The second-order valence-corrected chi connectivity index (χ2v) is 10.8. The van der Waals surface area contributed by atoms with Crippen molar-refractivity contribution in [2.24, 2.45) is 10.8 Å². The van der Waals surface area contributed by atoms with Crippen LogP contribution < -0.4 is 0 Å². The van der Waals surface area contributed by atoms with Crippen LogP contribution in [0.2, 0.25) is 0 Å². The zero-order valence-electron chi connectivity index (χ0n) is 22.9. The van der Waals surface area contributed by atoms with Crippen molar-refractivity contribution in [3.05, 3.63) is 57.7 Å². The molecule has 2 aliphatic carbocycles. The zero-order chi connectivity index (χ0) is 27.8. The second kappa shape index (κ2) is 13.1. The van der Waals surface area contributed by atoms with Gasteiger partial charge < -0.3 is 20.4 Å². The highest BCUT2D eigenvalue weighted by Gasteiger charge is 2.38. The van der Waals surface area contributed by atoms with E-state index in [-0.39, 0.29) is 35.6 Å². The largest absolute Gasteiger partial charge is 0.392 e. The van der Waals surface area contributed by atoms with Gasteiger partial charge in [-0.2, -0.15) is 0 Å². The molecule has 0 saturated carbocycles. The lowest BCUT2D eigenvalue weighted by atomic mass is 9.71. The molecule has 4 N–H and O–H groups in total. The molecule has 0 aliphatic heterocycles. The standard InChI is InChI=1S/C15H22O3.C15H20O3/c2*1-10(7-8-16)5-6-12-11(2)14(18)13(17)9-15(12,3)4/h5-7,13,16-17H,8-9H2,1-4H3;7,13,16-17H,8-9H2,1-4H3/b;10-7+. The van der Waals surface area contributed by atoms with Gasteiger partial charge in [0.2, 0.25) is 0 Å². The summed E-state index contributed by atoms with van der Waals surface area (Å²) < 4.78 is 0. The lowest BCUT2D eigenvalue weighted by Gasteiger charge is -2.34. The van der Waals surface area contributed by atoms with E-state index in [1.807, 2.05) is 53.7 Å². The fourth-order valence-electron chi connectivity index (χ4n) is 4.52. The van der Waals surface area contributed by atoms with Crippen LogP contribution in [0.1, 0.15) is 68.2 Å². The molecule has 2 unspecified atom stereocenters. The van der Waals surface area contributed by atoms with E-state index in [9.17, 15) is 19.8 Å². The third kappa shape index (κ3) is 8.25. The summed E-state index contributed by atoms with van der Waals surface area (Å²) in [4.78, 5) is 23.6. The maximum Gasteiger partial charge on any atom is 0.187 e. The van der Waals surface area contributed by atoms with Gasteiger partial charge in [0.15, 0.2) is 11.6 Å². The predicted molar refractivity (Wildman–Crippen MR) is 143 cm³/mol. The number of allylic oxidation sites excluding steroid dienone is 6. The van der Waals surface area contributed by atoms with Crippen LogP contribution >= 0.6 is 0 Å². The van der Waals surface area contributed by atoms with Crippen LogP contribution in [0.3, 0.4) is 0 Å². The number of hydrogen-bond donors (Lipinski definition) is 4. The first-order valence-corrected chi connectivity index (χ1v) is 12.2. The SMILES string of the molecule is CC(C=CC1=C(C)C(=O)C(O)CC1(C)C)=CCO.CC1=C(C#C/C(C)=C/CO)C(C)(C)CC(O)C1=O. The number of aliphatic hydroxyl groups is 4. The van der Waals surface area contributed by atoms with Crippen molar-refractivity contribution in [2.75, 3.05) is 13.2 Å². The molecule has 198 valence electrons. The fourth-order valence-corrected chi connectivity index (χ4v) is 4.52. The minimum absolute atomic E-state index is 0.00917. The van der Waals surface area contributed by atoms with Crippen molar-refractivity contribution in [1.29, 1.82) is 0 Å². The third-order valence-corrected chi connectivity index (χ3v) is 6.65. The van der Waals surface area contributed by atoms with Crippen molar-refractivity contribution < 1.29 is 30.0 Å². The summed E-state index contributed by atoms with van der Waals surface area (Å²) in [5.41, 5.74) is 4.12. The molecule has 0 fully saturated rings. The topological polar surface area (TPSA) is 115 Å². The summed E-state index contributed by atoms with van der Waals surface area (Å²) in [7, 11) is 0. The molecule has 0 saturated heterocycles. The average molecular weight is 499 g/mol. The molecule has 0 radical (unpaired) electrons. The Morgan fingerprint density at radius 2 is 1.39 bits per heavy atom. The summed E-state index contributed by atoms with van der Waals surface area (Å²) in [6, 6.07) is 0. The van der Waals surface area contributed by atoms with Gasteiger partial charge in [-0.1, -0.05) is 63.3 Å². The Balaban J connectivity index is 0.000000360. The summed E-state index contributed by atoms with van der Waals surface area (Å²) in [5.74, 6) is 5.53. The number of ketones is 2. The van der Waals surface area contributed by atoms with E-state index < -0.39 is 12.2 Å². The summed E-state index contributed by atoms with van der Waals surface area (Å²) in [5, 5.41) is 37.0. The van der Waals surface area contributed by atoms with Crippen LogP contribution in [0.15, 0.2) is 57.7 Å². The number of hydrogen-bond acceptors (Lipinski definition) is 6. The molecule has 0 aromatic heterocycles. The Kier molecular flexibility index (Phi) is 11.5. The van der Waals surface area contributed by atoms with Gasteiger partial charge in [-0.3, -0.25) is 9.59 Å². The van der Waals surface area contributed by atoms with Crippen LogP contribution in [-0.4, -0.2) is 57.4 Å². The first-order chi connectivity index (χ1) is 16.6. The molecule has 36 heavy (non-hydrogen) atoms. The van der Waals surface area contributed by atoms with Gasteiger partial charge in [0.1, 0.15) is 12.2 Å². The maximum absolute atomic E-state index is 11.8. The molecule has 0 bridgehead atoms. The molecular formula is C30H42O6. The highest BCUT2D eigenvalue weighted by Crippen LogP contribution is 2.40. The molecule has 0 amide bonds. The summed E-state index contributed by atoms with van der Waals surface area (Å²) >= 11 is 0. The van der Waals surface area contributed by atoms with Crippen molar-refractivity contribution in [3.8, 4) is 11.8 Å². The Morgan fingerprint density at radius 1 is 0.889 bits per heavy atom. The Morgan fingerprint density at radius 3 is 1.92 bits per heavy atom. The van der Waals surface area contributed by atoms with Crippen LogP contribution in [0.5, 0.6) is 0 Å². The molecule has 2 aliphatic rings. The molecule has 6 nitrogen and oxygen atoms in total. The Labute approximate surface area is 215 Å². The van der Waals surface area contributed by atoms with Gasteiger partial charge in [0, 0.05) is 16.6 Å². The highest BCUT2D eigenvalue weighted by atomic mass is 16.3. The van der Waals surface area contributed by atoms with E-state index >= 15 is 0 Å². The number of carbonyl (C=O) groups is 2. The van der Waals surface area contributed by atoms with E-state index in [1.165, 1.54) is 0 Å². The van der Waals surface area contributed by atoms with Gasteiger partial charge in [-0.15, -0.1) is 0 Å². The number of rotatable bonds is 4. The van der Waals surface area contributed by atoms with E-state index in [0.29, 0.717) is 24.0 Å². The van der Waals surface area contributed by atoms with Crippen molar-refractivity contribution in [2.45, 2.75) is 80.4 Å². The second-order valence-electron chi connectivity index (χ2n) is 10.8. The monoisotopic (exact) mass is 498 g/mol. The zero-order valence-corrected chi connectivity index (χ0v) is 22.9. The van der Waals surface area contributed by atoms with Gasteiger partial charge >= 0.3 is 0 Å². The number of carbonyl (C=O) groups excluding carboxylic acids is 2. The van der Waals surface area contributed by atoms with E-state index in [0.717, 1.165) is 22.3 Å². The normalized spacial score (nSPS) is 24.4. The number of Topliss-reactive ketones (excluding diaryl/α,β-unsaturated/α-hetero) is 2. The fraction of sp³-hybridized carbons (Fsp3) is 0.533. The molecule has 0 spiro atoms. The van der Waals surface area contributed by atoms with Gasteiger partial charge in [0.25, 0.3) is 0 Å². The Bertz CT molecular complexity index is 1070. The lowest BCUT2D eigenvalue weighted by molar-refractivity contribution is -0.126. The summed E-state index contributed by atoms with van der Waals surface area (Å²) in [6.07, 6.45) is 6.18. The smallest absolute Gasteiger partial charge is 0.187 e. The van der Waals surface area contributed by atoms with Crippen LogP contribution in [0, 0.1) is 22.7 Å². The molecule has 2 atom stereocenters. The molecule has 0 heterocycles. The molecule has 0 aromatic rings. The van der Waals surface area contributed by atoms with E-state index in [2.05, 4.69) is 11.8 Å². The van der Waals surface area contributed by atoms with Crippen molar-refractivity contribution in [1.82, 2.24) is 0 Å². The van der Waals surface area contributed by atoms with Gasteiger partial charge in [-0.05, 0) is 68.7 Å². The summed E-state index contributed by atoms with van der Waals surface area (Å²) in [6.45, 7) is 15.1. The van der Waals surface area contributed by atoms with Crippen molar-refractivity contribution >= 4 is 11.6 Å². The molecule has 0 aromatic carbocycles. The third-order valence-electron chi connectivity index (χ3n) is 6.65. The maximum atomic E-state index is 11.8. The highest BCUT2D eigenvalue weighted by molar-refractivity contribution is 6.01. The van der Waals surface area contributed by atoms with Crippen LogP contribution in [-0.2, 0) is 9.59 Å². The lowest BCUT2D eigenvalue weighted by Crippen LogP contribution is -2.35. The molecule has 6 heteroatoms. The minimum Gasteiger partial charge on any atom is -0.392 e. The van der Waals surface area contributed by atoms with Gasteiger partial charge in [-0.25, -0.2) is 0 Å². The molecular weight excluding hydrogens is 456 g/mol. The van der Waals surface area contributed by atoms with Crippen LogP contribution in [0.25, 0.3) is 0 Å². The van der Waals surface area contributed by atoms with E-state index in [1.54, 1.807) is 26.0 Å². The Hall–Kier alpha value is -2.56. The first kappa shape index (κ1) is 31.5. The van der Waals surface area contributed by atoms with Crippen molar-refractivity contribution in [3.63, 3.8) is 0 Å². The van der Waals surface area contributed by atoms with E-state index in [4.69, 9.17) is 10.2 Å². The van der Waals surface area contributed by atoms with Crippen LogP contribution in [0.4, 0.5) is 0 Å². The molecule has 2 rings (SSSR count). The predicted octanol–water partition coefficient (Wildman–Crippen LogP) is 3.76.